The van der Waals surface area contributed by atoms with Crippen LogP contribution in [-0.2, 0) is 9.53 Å². The molecule has 16 heavy (non-hydrogen) atoms. The summed E-state index contributed by atoms with van der Waals surface area (Å²) in [5.41, 5.74) is 0. The number of amides is 1. The Morgan fingerprint density at radius 2 is 2.12 bits per heavy atom. The second kappa shape index (κ2) is 7.29. The maximum atomic E-state index is 11.8. The molecule has 0 saturated carbocycles. The van der Waals surface area contributed by atoms with Crippen molar-refractivity contribution in [1.82, 2.24) is 4.90 Å². The molecule has 0 bridgehead atoms. The first kappa shape index (κ1) is 13.1. The third kappa shape index (κ3) is 4.24. The van der Waals surface area contributed by atoms with Crippen LogP contribution in [0.5, 0.6) is 0 Å². The van der Waals surface area contributed by atoms with Crippen molar-refractivity contribution >= 4 is 5.91 Å². The van der Waals surface area contributed by atoms with Crippen molar-refractivity contribution in [2.75, 3.05) is 26.3 Å². The molecular formula is C13H21NO2. The summed E-state index contributed by atoms with van der Waals surface area (Å²) in [4.78, 5) is 13.7. The smallest absolute Gasteiger partial charge is 0.234 e. The minimum Gasteiger partial charge on any atom is -0.381 e. The van der Waals surface area contributed by atoms with E-state index in [1.54, 1.807) is 6.92 Å². The SMILES string of the molecule is CC#CCC(=O)N(CC)CC1CCOCC1. The Hall–Kier alpha value is -1.01. The van der Waals surface area contributed by atoms with E-state index in [4.69, 9.17) is 4.74 Å². The van der Waals surface area contributed by atoms with Gasteiger partial charge in [0.15, 0.2) is 0 Å². The quantitative estimate of drug-likeness (QED) is 0.679. The summed E-state index contributed by atoms with van der Waals surface area (Å²) in [6.07, 6.45) is 2.50. The number of hydrogen-bond donors (Lipinski definition) is 0. The van der Waals surface area contributed by atoms with Crippen molar-refractivity contribution in [3.63, 3.8) is 0 Å². The number of carbonyl (C=O) groups is 1. The van der Waals surface area contributed by atoms with Gasteiger partial charge in [0, 0.05) is 26.3 Å². The first-order valence-corrected chi connectivity index (χ1v) is 6.03. The second-order valence-corrected chi connectivity index (χ2v) is 4.09. The molecule has 0 aromatic carbocycles. The van der Waals surface area contributed by atoms with Crippen LogP contribution in [0.2, 0.25) is 0 Å². The molecule has 1 amide bonds. The van der Waals surface area contributed by atoms with Crippen LogP contribution in [0, 0.1) is 17.8 Å². The van der Waals surface area contributed by atoms with Gasteiger partial charge in [0.1, 0.15) is 0 Å². The lowest BCUT2D eigenvalue weighted by Gasteiger charge is -2.28. The van der Waals surface area contributed by atoms with E-state index in [-0.39, 0.29) is 5.91 Å². The fourth-order valence-corrected chi connectivity index (χ4v) is 1.92. The Balaban J connectivity index is 2.39. The van der Waals surface area contributed by atoms with Gasteiger partial charge in [-0.25, -0.2) is 0 Å². The summed E-state index contributed by atoms with van der Waals surface area (Å²) < 4.78 is 5.31. The summed E-state index contributed by atoms with van der Waals surface area (Å²) in [6.45, 7) is 7.11. The molecule has 90 valence electrons. The van der Waals surface area contributed by atoms with Gasteiger partial charge >= 0.3 is 0 Å². The van der Waals surface area contributed by atoms with E-state index in [0.29, 0.717) is 12.3 Å². The Labute approximate surface area is 98.1 Å². The molecule has 3 nitrogen and oxygen atoms in total. The lowest BCUT2D eigenvalue weighted by atomic mass is 9.99. The molecule has 0 aromatic heterocycles. The molecule has 1 saturated heterocycles. The first-order chi connectivity index (χ1) is 7.77. The van der Waals surface area contributed by atoms with Gasteiger partial charge in [-0.3, -0.25) is 4.79 Å². The van der Waals surface area contributed by atoms with E-state index in [0.717, 1.165) is 39.1 Å². The number of nitrogens with zero attached hydrogens (tertiary/aromatic N) is 1. The van der Waals surface area contributed by atoms with Gasteiger partial charge in [-0.2, -0.15) is 0 Å². The maximum absolute atomic E-state index is 11.8. The largest absolute Gasteiger partial charge is 0.381 e. The van der Waals surface area contributed by atoms with Crippen LogP contribution in [-0.4, -0.2) is 37.1 Å². The normalized spacial score (nSPS) is 16.4. The predicted molar refractivity (Wildman–Crippen MR) is 63.9 cm³/mol. The van der Waals surface area contributed by atoms with Crippen molar-refractivity contribution in [2.24, 2.45) is 5.92 Å². The lowest BCUT2D eigenvalue weighted by molar-refractivity contribution is -0.131. The Bertz CT molecular complexity index is 271. The average Bonchev–Trinajstić information content (AvgIpc) is 2.34. The number of ether oxygens (including phenoxy) is 1. The van der Waals surface area contributed by atoms with Crippen LogP contribution in [0.3, 0.4) is 0 Å². The minimum absolute atomic E-state index is 0.156. The summed E-state index contributed by atoms with van der Waals surface area (Å²) in [5.74, 6) is 6.36. The minimum atomic E-state index is 0.156. The van der Waals surface area contributed by atoms with Crippen molar-refractivity contribution in [3.8, 4) is 11.8 Å². The summed E-state index contributed by atoms with van der Waals surface area (Å²) >= 11 is 0. The van der Waals surface area contributed by atoms with Gasteiger partial charge in [0.05, 0.1) is 6.42 Å². The maximum Gasteiger partial charge on any atom is 0.234 e. The third-order valence-electron chi connectivity index (χ3n) is 2.97. The van der Waals surface area contributed by atoms with Crippen molar-refractivity contribution in [3.05, 3.63) is 0 Å². The van der Waals surface area contributed by atoms with Gasteiger partial charge in [0.2, 0.25) is 5.91 Å². The molecule has 0 atom stereocenters. The highest BCUT2D eigenvalue weighted by atomic mass is 16.5. The fraction of sp³-hybridized carbons (Fsp3) is 0.769. The van der Waals surface area contributed by atoms with E-state index in [1.807, 2.05) is 11.8 Å². The molecule has 0 radical (unpaired) electrons. The molecule has 1 aliphatic heterocycles. The molecule has 1 heterocycles. The molecule has 0 spiro atoms. The zero-order valence-corrected chi connectivity index (χ0v) is 10.3. The average molecular weight is 223 g/mol. The molecule has 1 rings (SSSR count). The van der Waals surface area contributed by atoms with Gasteiger partial charge in [-0.1, -0.05) is 5.92 Å². The first-order valence-electron chi connectivity index (χ1n) is 6.03. The fourth-order valence-electron chi connectivity index (χ4n) is 1.92. The van der Waals surface area contributed by atoms with Crippen LogP contribution in [0.15, 0.2) is 0 Å². The zero-order chi connectivity index (χ0) is 11.8. The van der Waals surface area contributed by atoms with Crippen molar-refractivity contribution in [1.29, 1.82) is 0 Å². The molecule has 0 unspecified atom stereocenters. The Kier molecular flexibility index (Phi) is 5.95. The Morgan fingerprint density at radius 1 is 1.44 bits per heavy atom. The van der Waals surface area contributed by atoms with Gasteiger partial charge in [-0.05, 0) is 32.6 Å². The molecule has 3 heteroatoms. The van der Waals surface area contributed by atoms with E-state index in [2.05, 4.69) is 11.8 Å². The molecular weight excluding hydrogens is 202 g/mol. The Morgan fingerprint density at radius 3 is 2.69 bits per heavy atom. The zero-order valence-electron chi connectivity index (χ0n) is 10.3. The van der Waals surface area contributed by atoms with Crippen molar-refractivity contribution in [2.45, 2.75) is 33.1 Å². The molecule has 0 aliphatic carbocycles. The summed E-state index contributed by atoms with van der Waals surface area (Å²) in [5, 5.41) is 0. The molecule has 1 fully saturated rings. The third-order valence-corrected chi connectivity index (χ3v) is 2.97. The van der Waals surface area contributed by atoms with E-state index < -0.39 is 0 Å². The van der Waals surface area contributed by atoms with Crippen LogP contribution < -0.4 is 0 Å². The molecule has 1 aliphatic rings. The molecule has 0 aromatic rings. The number of hydrogen-bond acceptors (Lipinski definition) is 2. The van der Waals surface area contributed by atoms with Crippen LogP contribution >= 0.6 is 0 Å². The molecule has 0 N–H and O–H groups in total. The van der Waals surface area contributed by atoms with Crippen LogP contribution in [0.25, 0.3) is 0 Å². The highest BCUT2D eigenvalue weighted by Gasteiger charge is 2.19. The van der Waals surface area contributed by atoms with Crippen LogP contribution in [0.4, 0.5) is 0 Å². The van der Waals surface area contributed by atoms with E-state index in [9.17, 15) is 4.79 Å². The predicted octanol–water partition coefficient (Wildman–Crippen LogP) is 1.67. The summed E-state index contributed by atoms with van der Waals surface area (Å²) in [6, 6.07) is 0. The second-order valence-electron chi connectivity index (χ2n) is 4.09. The van der Waals surface area contributed by atoms with E-state index in [1.165, 1.54) is 0 Å². The van der Waals surface area contributed by atoms with Gasteiger partial charge < -0.3 is 9.64 Å². The summed E-state index contributed by atoms with van der Waals surface area (Å²) in [7, 11) is 0. The number of carbonyl (C=O) groups excluding carboxylic acids is 1. The van der Waals surface area contributed by atoms with Crippen molar-refractivity contribution < 1.29 is 9.53 Å². The topological polar surface area (TPSA) is 29.5 Å². The lowest BCUT2D eigenvalue weighted by Crippen LogP contribution is -2.36. The standard InChI is InChI=1S/C13H21NO2/c1-3-5-6-13(15)14(4-2)11-12-7-9-16-10-8-12/h12H,4,6-11H2,1-2H3. The number of rotatable bonds is 4. The van der Waals surface area contributed by atoms with E-state index >= 15 is 0 Å². The highest BCUT2D eigenvalue weighted by molar-refractivity contribution is 5.78. The van der Waals surface area contributed by atoms with Crippen LogP contribution in [0.1, 0.15) is 33.1 Å². The van der Waals surface area contributed by atoms with Gasteiger partial charge in [0.25, 0.3) is 0 Å². The van der Waals surface area contributed by atoms with Gasteiger partial charge in [-0.15, -0.1) is 5.92 Å². The monoisotopic (exact) mass is 223 g/mol. The highest BCUT2D eigenvalue weighted by Crippen LogP contribution is 2.16.